The van der Waals surface area contributed by atoms with Gasteiger partial charge in [0.2, 0.25) is 0 Å². The van der Waals surface area contributed by atoms with Gasteiger partial charge in [-0.2, -0.15) is 0 Å². The van der Waals surface area contributed by atoms with E-state index in [4.69, 9.17) is 5.41 Å². The number of hydrogen-bond acceptors (Lipinski definition) is 3. The van der Waals surface area contributed by atoms with Gasteiger partial charge >= 0.3 is 0 Å². The lowest BCUT2D eigenvalue weighted by molar-refractivity contribution is 1.45. The van der Waals surface area contributed by atoms with E-state index in [0.717, 1.165) is 11.0 Å². The molecule has 0 amide bonds. The molecule has 0 aliphatic carbocycles. The minimum absolute atomic E-state index is 1.06. The zero-order valence-corrected chi connectivity index (χ0v) is 10.8. The molecule has 0 bridgehead atoms. The van der Waals surface area contributed by atoms with E-state index in [1.54, 1.807) is 5.16 Å². The Morgan fingerprint density at radius 2 is 1.67 bits per heavy atom. The first kappa shape index (κ1) is 12.4. The van der Waals surface area contributed by atoms with Gasteiger partial charge in [-0.3, -0.25) is 0 Å². The third kappa shape index (κ3) is 2.59. The number of para-hydroxylation sites is 1. The predicted octanol–water partition coefficient (Wildman–Crippen LogP) is 4.36. The van der Waals surface area contributed by atoms with E-state index < -0.39 is 0 Å². The van der Waals surface area contributed by atoms with Crippen LogP contribution in [0.4, 0.5) is 0 Å². The molecule has 0 spiro atoms. The zero-order valence-electron chi connectivity index (χ0n) is 9.97. The lowest BCUT2D eigenvalue weighted by Crippen LogP contribution is -1.82. The molecule has 0 atom stereocenters. The summed E-state index contributed by atoms with van der Waals surface area (Å²) in [5, 5.41) is 9.78. The molecular weight excluding hydrogens is 240 g/mol. The number of fused-ring (bicyclic) bond motifs is 2. The highest BCUT2D eigenvalue weighted by Crippen LogP contribution is 2.20. The maximum absolute atomic E-state index is 5.77. The van der Waals surface area contributed by atoms with Crippen molar-refractivity contribution >= 4 is 39.2 Å². The smallest absolute Gasteiger partial charge is 0.0709 e. The summed E-state index contributed by atoms with van der Waals surface area (Å²) in [4.78, 5) is 4.62. The van der Waals surface area contributed by atoms with Gasteiger partial charge in [0, 0.05) is 10.8 Å². The van der Waals surface area contributed by atoms with E-state index >= 15 is 0 Å². The number of aromatic nitrogens is 1. The molecule has 1 N–H and O–H groups in total. The van der Waals surface area contributed by atoms with Crippen molar-refractivity contribution in [3.8, 4) is 0 Å². The van der Waals surface area contributed by atoms with E-state index in [9.17, 15) is 0 Å². The second-order valence-corrected chi connectivity index (χ2v) is 4.18. The number of pyridine rings is 1. The van der Waals surface area contributed by atoms with Crippen LogP contribution >= 0.6 is 12.2 Å². The summed E-state index contributed by atoms with van der Waals surface area (Å²) in [6, 6.07) is 16.8. The Labute approximate surface area is 111 Å². The third-order valence-corrected chi connectivity index (χ3v) is 2.67. The number of hydrogen-bond donors (Lipinski definition) is 1. The number of isothiocyanates is 1. The summed E-state index contributed by atoms with van der Waals surface area (Å²) in [6.45, 7) is 2.11. The van der Waals surface area contributed by atoms with Crippen LogP contribution in [-0.2, 0) is 0 Å². The molecule has 3 aromatic rings. The standard InChI is InChI=1S/C14H11N.CHNS/c1-10-6-7-14-12(8-10)9-11-4-2-3-5-13(11)15-14;2-1-3/h2-9H,1H3;2H. The van der Waals surface area contributed by atoms with Crippen LogP contribution < -0.4 is 0 Å². The predicted molar refractivity (Wildman–Crippen MR) is 79.3 cm³/mol. The topological polar surface area (TPSA) is 36.7 Å². The molecule has 1 aromatic heterocycles. The van der Waals surface area contributed by atoms with Crippen LogP contribution in [0.2, 0.25) is 0 Å². The Bertz CT molecular complexity index is 729. The minimum Gasteiger partial charge on any atom is -0.248 e. The lowest BCUT2D eigenvalue weighted by atomic mass is 10.1. The molecule has 2 nitrogen and oxygen atoms in total. The van der Waals surface area contributed by atoms with Gasteiger partial charge in [-0.1, -0.05) is 29.8 Å². The van der Waals surface area contributed by atoms with Crippen molar-refractivity contribution in [2.75, 3.05) is 0 Å². The minimum atomic E-state index is 1.06. The first-order valence-electron chi connectivity index (χ1n) is 5.54. The van der Waals surface area contributed by atoms with Crippen LogP contribution in [0.3, 0.4) is 0 Å². The number of thiocarbonyl (C=S) groups is 1. The first-order chi connectivity index (χ1) is 8.74. The summed E-state index contributed by atoms with van der Waals surface area (Å²) in [5.41, 5.74) is 3.41. The summed E-state index contributed by atoms with van der Waals surface area (Å²) >= 11 is 3.81. The van der Waals surface area contributed by atoms with Gasteiger partial charge in [-0.05, 0) is 43.4 Å². The van der Waals surface area contributed by atoms with E-state index in [-0.39, 0.29) is 0 Å². The molecule has 0 unspecified atom stereocenters. The summed E-state index contributed by atoms with van der Waals surface area (Å²) in [6.07, 6.45) is 0. The maximum Gasteiger partial charge on any atom is 0.0709 e. The van der Waals surface area contributed by atoms with Gasteiger partial charge < -0.3 is 0 Å². The highest BCUT2D eigenvalue weighted by atomic mass is 32.1. The van der Waals surface area contributed by atoms with Crippen LogP contribution in [0.5, 0.6) is 0 Å². The van der Waals surface area contributed by atoms with Gasteiger partial charge in [0.05, 0.1) is 16.2 Å². The number of benzene rings is 2. The Morgan fingerprint density at radius 3 is 2.44 bits per heavy atom. The van der Waals surface area contributed by atoms with E-state index in [1.807, 2.05) is 12.1 Å². The van der Waals surface area contributed by atoms with Crippen LogP contribution in [0, 0.1) is 12.3 Å². The molecule has 0 fully saturated rings. The second kappa shape index (κ2) is 5.50. The molecule has 3 rings (SSSR count). The average molecular weight is 252 g/mol. The van der Waals surface area contributed by atoms with Crippen molar-refractivity contribution in [1.29, 1.82) is 5.41 Å². The molecule has 3 heteroatoms. The molecule has 1 heterocycles. The molecule has 88 valence electrons. The van der Waals surface area contributed by atoms with Crippen LogP contribution in [0.25, 0.3) is 21.8 Å². The van der Waals surface area contributed by atoms with Gasteiger partial charge in [-0.15, -0.1) is 0 Å². The van der Waals surface area contributed by atoms with Crippen molar-refractivity contribution in [1.82, 2.24) is 4.98 Å². The molecule has 0 saturated carbocycles. The number of rotatable bonds is 0. The van der Waals surface area contributed by atoms with E-state index in [2.05, 4.69) is 60.5 Å². The first-order valence-corrected chi connectivity index (χ1v) is 5.95. The van der Waals surface area contributed by atoms with Crippen molar-refractivity contribution < 1.29 is 0 Å². The van der Waals surface area contributed by atoms with Crippen molar-refractivity contribution in [2.45, 2.75) is 6.92 Å². The van der Waals surface area contributed by atoms with Crippen LogP contribution in [-0.4, -0.2) is 10.1 Å². The average Bonchev–Trinajstić information content (AvgIpc) is 2.37. The summed E-state index contributed by atoms with van der Waals surface area (Å²) in [5.74, 6) is 0. The van der Waals surface area contributed by atoms with Gasteiger partial charge in [0.1, 0.15) is 0 Å². The Hall–Kier alpha value is -2.09. The van der Waals surface area contributed by atoms with Crippen LogP contribution in [0.1, 0.15) is 5.56 Å². The Balaban J connectivity index is 0.000000367. The van der Waals surface area contributed by atoms with Crippen LogP contribution in [0.15, 0.2) is 48.5 Å². The zero-order chi connectivity index (χ0) is 13.0. The summed E-state index contributed by atoms with van der Waals surface area (Å²) in [7, 11) is 0. The highest BCUT2D eigenvalue weighted by Gasteiger charge is 1.98. The fourth-order valence-corrected chi connectivity index (χ4v) is 1.90. The molecule has 0 radical (unpaired) electrons. The van der Waals surface area contributed by atoms with E-state index in [1.165, 1.54) is 16.3 Å². The number of nitrogens with one attached hydrogen (secondary N) is 1. The normalized spacial score (nSPS) is 9.61. The largest absolute Gasteiger partial charge is 0.248 e. The highest BCUT2D eigenvalue weighted by molar-refractivity contribution is 7.78. The van der Waals surface area contributed by atoms with Gasteiger partial charge in [0.25, 0.3) is 0 Å². The second-order valence-electron chi connectivity index (χ2n) is 3.98. The molecule has 0 saturated heterocycles. The molecule has 0 aliphatic heterocycles. The Morgan fingerprint density at radius 1 is 1.00 bits per heavy atom. The SMILES string of the molecule is Cc1ccc2nc3ccccc3cc2c1.N=C=S. The molecular formula is C15H12N2S. The van der Waals surface area contributed by atoms with Crippen molar-refractivity contribution in [2.24, 2.45) is 0 Å². The quantitative estimate of drug-likeness (QED) is 0.366. The third-order valence-electron chi connectivity index (χ3n) is 2.67. The van der Waals surface area contributed by atoms with Crippen molar-refractivity contribution in [3.63, 3.8) is 0 Å². The lowest BCUT2D eigenvalue weighted by Gasteiger charge is -2.01. The number of nitrogens with zero attached hydrogens (tertiary/aromatic N) is 1. The Kier molecular flexibility index (Phi) is 3.78. The number of aryl methyl sites for hydroxylation is 1. The monoisotopic (exact) mass is 252 g/mol. The fraction of sp³-hybridized carbons (Fsp3) is 0.0667. The maximum atomic E-state index is 5.77. The van der Waals surface area contributed by atoms with Crippen molar-refractivity contribution in [3.05, 3.63) is 54.1 Å². The van der Waals surface area contributed by atoms with Gasteiger partial charge in [0.15, 0.2) is 0 Å². The van der Waals surface area contributed by atoms with E-state index in [0.29, 0.717) is 0 Å². The molecule has 2 aromatic carbocycles. The molecule has 0 aliphatic rings. The fourth-order valence-electron chi connectivity index (χ4n) is 1.90. The van der Waals surface area contributed by atoms with Gasteiger partial charge in [-0.25, -0.2) is 10.4 Å². The molecule has 18 heavy (non-hydrogen) atoms. The summed E-state index contributed by atoms with van der Waals surface area (Å²) < 4.78 is 0.